The number of aliphatic hydroxyl groups is 1. The predicted octanol–water partition coefficient (Wildman–Crippen LogP) is 3.33. The SMILES string of the molecule is CC(O)Cc1cc2c(cc1Br)OC(F)(F)C(F)(F)O2. The summed E-state index contributed by atoms with van der Waals surface area (Å²) in [5.74, 6) is -0.980. The van der Waals surface area contributed by atoms with Gasteiger partial charge in [-0.2, -0.15) is 17.6 Å². The van der Waals surface area contributed by atoms with E-state index in [1.807, 2.05) is 0 Å². The van der Waals surface area contributed by atoms with Gasteiger partial charge in [-0.25, -0.2) is 0 Å². The molecule has 2 rings (SSSR count). The maximum atomic E-state index is 13.0. The van der Waals surface area contributed by atoms with E-state index in [1.54, 1.807) is 0 Å². The Morgan fingerprint density at radius 2 is 1.63 bits per heavy atom. The van der Waals surface area contributed by atoms with Gasteiger partial charge in [-0.3, -0.25) is 0 Å². The first-order valence-corrected chi connectivity index (χ1v) is 6.06. The number of alkyl halides is 4. The number of benzene rings is 1. The van der Waals surface area contributed by atoms with Crippen LogP contribution in [0.3, 0.4) is 0 Å². The summed E-state index contributed by atoms with van der Waals surface area (Å²) < 4.78 is 60.2. The molecule has 8 heteroatoms. The van der Waals surface area contributed by atoms with E-state index in [0.717, 1.165) is 12.1 Å². The van der Waals surface area contributed by atoms with Gasteiger partial charge in [0, 0.05) is 4.47 Å². The Morgan fingerprint density at radius 1 is 1.16 bits per heavy atom. The van der Waals surface area contributed by atoms with E-state index in [9.17, 15) is 22.7 Å². The van der Waals surface area contributed by atoms with Crippen LogP contribution in [0.15, 0.2) is 16.6 Å². The highest BCUT2D eigenvalue weighted by Crippen LogP contribution is 2.48. The molecule has 1 unspecified atom stereocenters. The molecule has 1 aromatic rings. The summed E-state index contributed by atoms with van der Waals surface area (Å²) in [5, 5.41) is 9.26. The van der Waals surface area contributed by atoms with Crippen LogP contribution in [0.25, 0.3) is 0 Å². The zero-order valence-electron chi connectivity index (χ0n) is 9.59. The third kappa shape index (κ3) is 2.64. The lowest BCUT2D eigenvalue weighted by molar-refractivity contribution is -0.391. The van der Waals surface area contributed by atoms with Gasteiger partial charge in [-0.15, -0.1) is 0 Å². The molecule has 0 saturated carbocycles. The van der Waals surface area contributed by atoms with E-state index >= 15 is 0 Å². The molecule has 0 spiro atoms. The van der Waals surface area contributed by atoms with Crippen LogP contribution in [-0.2, 0) is 6.42 Å². The zero-order valence-corrected chi connectivity index (χ0v) is 11.2. The lowest BCUT2D eigenvalue weighted by Gasteiger charge is -2.32. The van der Waals surface area contributed by atoms with Gasteiger partial charge in [0.25, 0.3) is 0 Å². The van der Waals surface area contributed by atoms with Crippen LogP contribution in [-0.4, -0.2) is 23.4 Å². The smallest absolute Gasteiger partial charge is 0.421 e. The number of fused-ring (bicyclic) bond motifs is 1. The molecular formula is C11H9BrF4O3. The fourth-order valence-electron chi connectivity index (χ4n) is 1.61. The molecule has 1 atom stereocenters. The second-order valence-electron chi connectivity index (χ2n) is 4.18. The minimum absolute atomic E-state index is 0.152. The van der Waals surface area contributed by atoms with E-state index in [2.05, 4.69) is 25.4 Å². The Balaban J connectivity index is 2.42. The topological polar surface area (TPSA) is 38.7 Å². The van der Waals surface area contributed by atoms with Gasteiger partial charge in [0.15, 0.2) is 11.5 Å². The third-order valence-corrected chi connectivity index (χ3v) is 3.18. The fraction of sp³-hybridized carbons (Fsp3) is 0.455. The molecule has 0 aliphatic carbocycles. The van der Waals surface area contributed by atoms with E-state index in [0.29, 0.717) is 10.0 Å². The summed E-state index contributed by atoms with van der Waals surface area (Å²) in [4.78, 5) is 0. The van der Waals surface area contributed by atoms with Crippen LogP contribution in [0.4, 0.5) is 17.6 Å². The van der Waals surface area contributed by atoms with Gasteiger partial charge in [-0.1, -0.05) is 15.9 Å². The monoisotopic (exact) mass is 344 g/mol. The molecule has 19 heavy (non-hydrogen) atoms. The molecule has 0 bridgehead atoms. The molecule has 1 N–H and O–H groups in total. The van der Waals surface area contributed by atoms with Gasteiger partial charge in [-0.05, 0) is 31.0 Å². The van der Waals surface area contributed by atoms with Gasteiger partial charge in [0.2, 0.25) is 0 Å². The van der Waals surface area contributed by atoms with E-state index in [1.165, 1.54) is 6.92 Å². The molecule has 0 aromatic heterocycles. The maximum Gasteiger partial charge on any atom is 0.507 e. The van der Waals surface area contributed by atoms with Crippen LogP contribution in [0, 0.1) is 0 Å². The van der Waals surface area contributed by atoms with E-state index < -0.39 is 29.8 Å². The zero-order chi connectivity index (χ0) is 14.4. The Morgan fingerprint density at radius 3 is 2.11 bits per heavy atom. The molecule has 3 nitrogen and oxygen atoms in total. The van der Waals surface area contributed by atoms with Gasteiger partial charge < -0.3 is 14.6 Å². The van der Waals surface area contributed by atoms with Crippen molar-refractivity contribution in [2.24, 2.45) is 0 Å². The number of ether oxygens (including phenoxy) is 2. The molecule has 0 amide bonds. The van der Waals surface area contributed by atoms with Gasteiger partial charge in [0.05, 0.1) is 6.10 Å². The third-order valence-electron chi connectivity index (χ3n) is 2.44. The van der Waals surface area contributed by atoms with Crippen molar-refractivity contribution in [1.82, 2.24) is 0 Å². The number of hydrogen-bond donors (Lipinski definition) is 1. The van der Waals surface area contributed by atoms with Crippen molar-refractivity contribution in [3.8, 4) is 11.5 Å². The van der Waals surface area contributed by atoms with Gasteiger partial charge >= 0.3 is 12.2 Å². The Labute approximate surface area is 114 Å². The summed E-state index contributed by atoms with van der Waals surface area (Å²) in [7, 11) is 0. The largest absolute Gasteiger partial charge is 0.507 e. The van der Waals surface area contributed by atoms with Crippen molar-refractivity contribution in [2.75, 3.05) is 0 Å². The van der Waals surface area contributed by atoms with Crippen LogP contribution in [0.5, 0.6) is 11.5 Å². The van der Waals surface area contributed by atoms with E-state index in [4.69, 9.17) is 0 Å². The molecule has 0 radical (unpaired) electrons. The standard InChI is InChI=1S/C11H9BrF4O3/c1-5(17)2-6-3-8-9(4-7(6)12)19-11(15,16)10(13,14)18-8/h3-5,17H,2H2,1H3. The van der Waals surface area contributed by atoms with E-state index in [-0.39, 0.29) is 6.42 Å². The highest BCUT2D eigenvalue weighted by molar-refractivity contribution is 9.10. The molecular weight excluding hydrogens is 336 g/mol. The first kappa shape index (κ1) is 14.4. The predicted molar refractivity (Wildman–Crippen MR) is 60.7 cm³/mol. The summed E-state index contributed by atoms with van der Waals surface area (Å²) in [6, 6.07) is 2.24. The van der Waals surface area contributed by atoms with Crippen LogP contribution in [0.2, 0.25) is 0 Å². The second-order valence-corrected chi connectivity index (χ2v) is 5.04. The van der Waals surface area contributed by atoms with Crippen molar-refractivity contribution < 1.29 is 32.1 Å². The number of halogens is 5. The first-order valence-electron chi connectivity index (χ1n) is 5.26. The Bertz CT molecular complexity index is 505. The van der Waals surface area contributed by atoms with Crippen LogP contribution in [0.1, 0.15) is 12.5 Å². The average Bonchev–Trinajstić information content (AvgIpc) is 2.21. The van der Waals surface area contributed by atoms with Crippen molar-refractivity contribution in [3.63, 3.8) is 0 Å². The summed E-state index contributed by atoms with van der Waals surface area (Å²) in [5.41, 5.74) is 0.443. The number of hydrogen-bond acceptors (Lipinski definition) is 3. The van der Waals surface area contributed by atoms with Crippen molar-refractivity contribution in [1.29, 1.82) is 0 Å². The van der Waals surface area contributed by atoms with Crippen LogP contribution < -0.4 is 9.47 Å². The number of rotatable bonds is 2. The quantitative estimate of drug-likeness (QED) is 0.836. The normalized spacial score (nSPS) is 21.0. The van der Waals surface area contributed by atoms with Crippen molar-refractivity contribution >= 4 is 15.9 Å². The molecule has 1 aromatic carbocycles. The molecule has 1 aliphatic heterocycles. The van der Waals surface area contributed by atoms with Crippen LogP contribution >= 0.6 is 15.9 Å². The number of aliphatic hydroxyl groups excluding tert-OH is 1. The molecule has 0 fully saturated rings. The Hall–Kier alpha value is -1.02. The minimum Gasteiger partial charge on any atom is -0.421 e. The molecule has 0 saturated heterocycles. The molecule has 106 valence electrons. The highest BCUT2D eigenvalue weighted by atomic mass is 79.9. The lowest BCUT2D eigenvalue weighted by atomic mass is 10.1. The highest BCUT2D eigenvalue weighted by Gasteiger charge is 2.66. The van der Waals surface area contributed by atoms with Crippen molar-refractivity contribution in [3.05, 3.63) is 22.2 Å². The lowest BCUT2D eigenvalue weighted by Crippen LogP contribution is -2.52. The second kappa shape index (κ2) is 4.52. The maximum absolute atomic E-state index is 13.0. The summed E-state index contributed by atoms with van der Waals surface area (Å²) in [6.07, 6.45) is -10.0. The molecule has 1 aliphatic rings. The minimum atomic E-state index is -4.74. The summed E-state index contributed by atoms with van der Waals surface area (Å²) in [6.45, 7) is 1.51. The first-order chi connectivity index (χ1) is 8.62. The molecule has 1 heterocycles. The fourth-order valence-corrected chi connectivity index (χ4v) is 2.09. The average molecular weight is 345 g/mol. The van der Waals surface area contributed by atoms with Gasteiger partial charge in [0.1, 0.15) is 0 Å². The summed E-state index contributed by atoms with van der Waals surface area (Å²) >= 11 is 3.09. The van der Waals surface area contributed by atoms with Crippen molar-refractivity contribution in [2.45, 2.75) is 31.7 Å². The Kier molecular flexibility index (Phi) is 3.42.